The maximum absolute atomic E-state index is 12.6. The van der Waals surface area contributed by atoms with Gasteiger partial charge in [0.25, 0.3) is 0 Å². The van der Waals surface area contributed by atoms with Gasteiger partial charge in [0.1, 0.15) is 0 Å². The van der Waals surface area contributed by atoms with Crippen LogP contribution in [0, 0.1) is 20.8 Å². The summed E-state index contributed by atoms with van der Waals surface area (Å²) in [5, 5.41) is 4.44. The molecule has 0 radical (unpaired) electrons. The Morgan fingerprint density at radius 1 is 1.14 bits per heavy atom. The van der Waals surface area contributed by atoms with Crippen LogP contribution in [0.15, 0.2) is 29.2 Å². The van der Waals surface area contributed by atoms with Crippen molar-refractivity contribution in [1.82, 2.24) is 14.1 Å². The Morgan fingerprint density at radius 2 is 1.73 bits per heavy atom. The lowest BCUT2D eigenvalue weighted by Gasteiger charge is -2.17. The topological polar surface area (TPSA) is 55.2 Å². The summed E-state index contributed by atoms with van der Waals surface area (Å²) in [5.41, 5.74) is 3.91. The van der Waals surface area contributed by atoms with Gasteiger partial charge in [0.05, 0.1) is 10.6 Å². The number of nitrogens with zero attached hydrogens (tertiary/aromatic N) is 3. The molecule has 0 saturated carbocycles. The molecule has 5 nitrogen and oxygen atoms in total. The standard InChI is InChI=1S/C16H23N3O2S/c1-6-19-14(4)16(13(3)17-19)11-18(5)22(20,21)15-9-7-12(2)8-10-15/h7-10H,6,11H2,1-5H3. The van der Waals surface area contributed by atoms with E-state index in [0.717, 1.165) is 29.1 Å². The van der Waals surface area contributed by atoms with Crippen molar-refractivity contribution < 1.29 is 8.42 Å². The van der Waals surface area contributed by atoms with E-state index in [0.29, 0.717) is 11.4 Å². The van der Waals surface area contributed by atoms with Crippen LogP contribution in [0.25, 0.3) is 0 Å². The maximum atomic E-state index is 12.6. The highest BCUT2D eigenvalue weighted by Crippen LogP contribution is 2.20. The number of aryl methyl sites for hydroxylation is 3. The van der Waals surface area contributed by atoms with Gasteiger partial charge in [-0.15, -0.1) is 0 Å². The zero-order chi connectivity index (χ0) is 16.5. The smallest absolute Gasteiger partial charge is 0.243 e. The Balaban J connectivity index is 2.30. The van der Waals surface area contributed by atoms with E-state index in [-0.39, 0.29) is 0 Å². The summed E-state index contributed by atoms with van der Waals surface area (Å²) in [5.74, 6) is 0. The van der Waals surface area contributed by atoms with E-state index in [4.69, 9.17) is 0 Å². The zero-order valence-electron chi connectivity index (χ0n) is 13.8. The van der Waals surface area contributed by atoms with Crippen molar-refractivity contribution in [3.8, 4) is 0 Å². The Hall–Kier alpha value is -1.66. The molecule has 0 fully saturated rings. The van der Waals surface area contributed by atoms with Gasteiger partial charge in [0.15, 0.2) is 0 Å². The molecule has 22 heavy (non-hydrogen) atoms. The average molecular weight is 321 g/mol. The molecule has 0 bridgehead atoms. The third-order valence-corrected chi connectivity index (χ3v) is 5.76. The first-order chi connectivity index (χ1) is 10.3. The maximum Gasteiger partial charge on any atom is 0.243 e. The van der Waals surface area contributed by atoms with Crippen LogP contribution in [0.5, 0.6) is 0 Å². The molecule has 120 valence electrons. The summed E-state index contributed by atoms with van der Waals surface area (Å²) in [6, 6.07) is 6.92. The third kappa shape index (κ3) is 3.08. The fourth-order valence-corrected chi connectivity index (χ4v) is 3.61. The van der Waals surface area contributed by atoms with Gasteiger partial charge in [-0.05, 0) is 39.8 Å². The lowest BCUT2D eigenvalue weighted by molar-refractivity contribution is 0.464. The van der Waals surface area contributed by atoms with Gasteiger partial charge in [-0.25, -0.2) is 8.42 Å². The lowest BCUT2D eigenvalue weighted by Crippen LogP contribution is -2.27. The van der Waals surface area contributed by atoms with Crippen molar-refractivity contribution in [2.75, 3.05) is 7.05 Å². The minimum atomic E-state index is -3.49. The molecule has 1 aromatic heterocycles. The highest BCUT2D eigenvalue weighted by molar-refractivity contribution is 7.89. The van der Waals surface area contributed by atoms with Crippen LogP contribution in [-0.4, -0.2) is 29.6 Å². The average Bonchev–Trinajstić information content (AvgIpc) is 2.75. The summed E-state index contributed by atoms with van der Waals surface area (Å²) in [7, 11) is -1.88. The first kappa shape index (κ1) is 16.7. The van der Waals surface area contributed by atoms with Gasteiger partial charge in [0, 0.05) is 31.4 Å². The van der Waals surface area contributed by atoms with E-state index < -0.39 is 10.0 Å². The SMILES string of the molecule is CCn1nc(C)c(CN(C)S(=O)(=O)c2ccc(C)cc2)c1C. The third-order valence-electron chi connectivity index (χ3n) is 3.94. The fraction of sp³-hybridized carbons (Fsp3) is 0.438. The van der Waals surface area contributed by atoms with Crippen molar-refractivity contribution in [2.24, 2.45) is 0 Å². The van der Waals surface area contributed by atoms with Crippen LogP contribution in [0.1, 0.15) is 29.4 Å². The van der Waals surface area contributed by atoms with E-state index in [1.807, 2.05) is 44.5 Å². The second-order valence-electron chi connectivity index (χ2n) is 5.54. The Labute approximate surface area is 132 Å². The molecule has 0 aliphatic rings. The molecule has 0 unspecified atom stereocenters. The molecule has 0 atom stereocenters. The van der Waals surface area contributed by atoms with Crippen molar-refractivity contribution in [3.63, 3.8) is 0 Å². The molecule has 1 heterocycles. The molecule has 1 aromatic carbocycles. The van der Waals surface area contributed by atoms with Crippen LogP contribution in [-0.2, 0) is 23.1 Å². The number of rotatable bonds is 5. The second-order valence-corrected chi connectivity index (χ2v) is 7.58. The second kappa shape index (κ2) is 6.22. The van der Waals surface area contributed by atoms with Crippen LogP contribution >= 0.6 is 0 Å². The first-order valence-corrected chi connectivity index (χ1v) is 8.77. The first-order valence-electron chi connectivity index (χ1n) is 7.33. The number of sulfonamides is 1. The summed E-state index contributed by atoms with van der Waals surface area (Å²) in [6.07, 6.45) is 0. The summed E-state index contributed by atoms with van der Waals surface area (Å²) in [6.45, 7) is 8.96. The van der Waals surface area contributed by atoms with Gasteiger partial charge in [-0.1, -0.05) is 17.7 Å². The molecular formula is C16H23N3O2S. The summed E-state index contributed by atoms with van der Waals surface area (Å²) < 4.78 is 28.6. The highest BCUT2D eigenvalue weighted by atomic mass is 32.2. The summed E-state index contributed by atoms with van der Waals surface area (Å²) >= 11 is 0. The monoisotopic (exact) mass is 321 g/mol. The van der Waals surface area contributed by atoms with E-state index in [2.05, 4.69) is 5.10 Å². The quantitative estimate of drug-likeness (QED) is 0.851. The number of hydrogen-bond acceptors (Lipinski definition) is 3. The van der Waals surface area contributed by atoms with Gasteiger partial charge in [0.2, 0.25) is 10.0 Å². The number of aromatic nitrogens is 2. The predicted molar refractivity (Wildman–Crippen MR) is 87.2 cm³/mol. The van der Waals surface area contributed by atoms with Crippen LogP contribution in [0.2, 0.25) is 0 Å². The Kier molecular flexibility index (Phi) is 4.72. The minimum absolute atomic E-state index is 0.318. The van der Waals surface area contributed by atoms with Gasteiger partial charge in [-0.2, -0.15) is 9.40 Å². The van der Waals surface area contributed by atoms with Gasteiger partial charge >= 0.3 is 0 Å². The largest absolute Gasteiger partial charge is 0.270 e. The van der Waals surface area contributed by atoms with E-state index >= 15 is 0 Å². The van der Waals surface area contributed by atoms with Crippen molar-refractivity contribution in [2.45, 2.75) is 45.7 Å². The van der Waals surface area contributed by atoms with E-state index in [9.17, 15) is 8.42 Å². The molecular weight excluding hydrogens is 298 g/mol. The van der Waals surface area contributed by atoms with Crippen molar-refractivity contribution in [1.29, 1.82) is 0 Å². The van der Waals surface area contributed by atoms with E-state index in [1.54, 1.807) is 19.2 Å². The fourth-order valence-electron chi connectivity index (χ4n) is 2.47. The van der Waals surface area contributed by atoms with Crippen LogP contribution in [0.3, 0.4) is 0 Å². The van der Waals surface area contributed by atoms with Gasteiger partial charge in [-0.3, -0.25) is 4.68 Å². The molecule has 0 aliphatic heterocycles. The molecule has 0 spiro atoms. The molecule has 0 amide bonds. The highest BCUT2D eigenvalue weighted by Gasteiger charge is 2.23. The van der Waals surface area contributed by atoms with Crippen LogP contribution in [0.4, 0.5) is 0 Å². The number of hydrogen-bond donors (Lipinski definition) is 0. The lowest BCUT2D eigenvalue weighted by atomic mass is 10.2. The molecule has 6 heteroatoms. The zero-order valence-corrected chi connectivity index (χ0v) is 14.6. The van der Waals surface area contributed by atoms with Gasteiger partial charge < -0.3 is 0 Å². The minimum Gasteiger partial charge on any atom is -0.270 e. The predicted octanol–water partition coefficient (Wildman–Crippen LogP) is 2.65. The molecule has 2 rings (SSSR count). The molecule has 0 aliphatic carbocycles. The van der Waals surface area contributed by atoms with Crippen molar-refractivity contribution in [3.05, 3.63) is 46.8 Å². The van der Waals surface area contributed by atoms with Crippen LogP contribution < -0.4 is 0 Å². The van der Waals surface area contributed by atoms with Crippen molar-refractivity contribution >= 4 is 10.0 Å². The molecule has 0 saturated heterocycles. The molecule has 2 aromatic rings. The molecule has 0 N–H and O–H groups in total. The normalized spacial score (nSPS) is 12.1. The Morgan fingerprint density at radius 3 is 2.23 bits per heavy atom. The van der Waals surface area contributed by atoms with E-state index in [1.165, 1.54) is 4.31 Å². The number of benzene rings is 1. The Bertz CT molecular complexity index is 761. The summed E-state index contributed by atoms with van der Waals surface area (Å²) in [4.78, 5) is 0.318.